The maximum absolute atomic E-state index is 5.69. The lowest BCUT2D eigenvalue weighted by molar-refractivity contribution is 0.0837. The monoisotopic (exact) mass is 214 g/mol. The highest BCUT2D eigenvalue weighted by Gasteiger charge is 2.36. The van der Waals surface area contributed by atoms with Crippen molar-refractivity contribution in [1.29, 1.82) is 0 Å². The Morgan fingerprint density at radius 1 is 1.64 bits per heavy atom. The predicted molar refractivity (Wildman–Crippen MR) is 48.7 cm³/mol. The van der Waals surface area contributed by atoms with Gasteiger partial charge in [-0.25, -0.2) is 0 Å². The van der Waals surface area contributed by atoms with Crippen LogP contribution in [0.2, 0.25) is 0 Å². The topological polar surface area (TPSA) is 9.23 Å². The molecule has 0 aromatic heterocycles. The predicted octanol–water partition coefficient (Wildman–Crippen LogP) is 2.77. The van der Waals surface area contributed by atoms with Crippen LogP contribution in [0.15, 0.2) is 24.0 Å². The fourth-order valence-electron chi connectivity index (χ4n) is 1.63. The van der Waals surface area contributed by atoms with E-state index in [1.165, 1.54) is 6.42 Å². The molecule has 2 heterocycles. The molecule has 0 aromatic carbocycles. The van der Waals surface area contributed by atoms with Gasteiger partial charge in [0.1, 0.15) is 11.4 Å². The zero-order valence-corrected chi connectivity index (χ0v) is 7.93. The molecule has 2 bridgehead atoms. The van der Waals surface area contributed by atoms with Crippen molar-refractivity contribution in [3.63, 3.8) is 0 Å². The van der Waals surface area contributed by atoms with Crippen LogP contribution >= 0.6 is 15.9 Å². The first-order valence-electron chi connectivity index (χ1n) is 3.99. The summed E-state index contributed by atoms with van der Waals surface area (Å²) in [7, 11) is 0. The second-order valence-electron chi connectivity index (χ2n) is 3.10. The molecule has 0 spiro atoms. The normalized spacial score (nSPS) is 32.3. The first-order chi connectivity index (χ1) is 5.35. The third-order valence-corrected chi connectivity index (χ3v) is 2.82. The molecule has 1 atom stereocenters. The minimum absolute atomic E-state index is 0.0586. The maximum atomic E-state index is 5.69. The Hall–Kier alpha value is -0.240. The number of allylic oxidation sites excluding steroid dienone is 1. The van der Waals surface area contributed by atoms with Crippen LogP contribution in [0.3, 0.4) is 0 Å². The van der Waals surface area contributed by atoms with Gasteiger partial charge in [0.05, 0.1) is 0 Å². The molecule has 0 fully saturated rings. The Balaban J connectivity index is 1.99. The summed E-state index contributed by atoms with van der Waals surface area (Å²) < 4.78 is 5.69. The van der Waals surface area contributed by atoms with Crippen LogP contribution in [0.5, 0.6) is 0 Å². The average molecular weight is 215 g/mol. The van der Waals surface area contributed by atoms with E-state index in [4.69, 9.17) is 4.74 Å². The van der Waals surface area contributed by atoms with Crippen LogP contribution in [0.1, 0.15) is 19.3 Å². The molecule has 0 radical (unpaired) electrons. The highest BCUT2D eigenvalue weighted by molar-refractivity contribution is 9.09. The molecule has 0 aromatic rings. The number of hydrogen-bond acceptors (Lipinski definition) is 1. The Bertz CT molecular complexity index is 220. The molecule has 2 aliphatic heterocycles. The number of halogens is 1. The Morgan fingerprint density at radius 3 is 3.00 bits per heavy atom. The lowest BCUT2D eigenvalue weighted by Gasteiger charge is -2.21. The first kappa shape index (κ1) is 7.41. The molecule has 1 nitrogen and oxygen atoms in total. The van der Waals surface area contributed by atoms with Gasteiger partial charge >= 0.3 is 0 Å². The molecule has 0 aliphatic carbocycles. The molecule has 2 rings (SSSR count). The van der Waals surface area contributed by atoms with E-state index >= 15 is 0 Å². The largest absolute Gasteiger partial charge is 0.483 e. The van der Waals surface area contributed by atoms with Crippen LogP contribution in [-0.2, 0) is 4.74 Å². The Kier molecular flexibility index (Phi) is 1.80. The quantitative estimate of drug-likeness (QED) is 0.657. The van der Waals surface area contributed by atoms with Crippen molar-refractivity contribution in [2.45, 2.75) is 24.9 Å². The Labute approximate surface area is 75.2 Å². The van der Waals surface area contributed by atoms with Crippen molar-refractivity contribution in [2.75, 3.05) is 5.33 Å². The fraction of sp³-hybridized carbons (Fsp3) is 0.556. The lowest BCUT2D eigenvalue weighted by Crippen LogP contribution is -2.22. The first-order valence-corrected chi connectivity index (χ1v) is 5.11. The molecule has 2 heteroatoms. The van der Waals surface area contributed by atoms with E-state index in [2.05, 4.69) is 34.2 Å². The molecule has 0 N–H and O–H groups in total. The lowest BCUT2D eigenvalue weighted by atomic mass is 9.93. The summed E-state index contributed by atoms with van der Waals surface area (Å²) in [4.78, 5) is 0. The van der Waals surface area contributed by atoms with Gasteiger partial charge < -0.3 is 4.74 Å². The standard InChI is InChI=1S/C9H11BrO/c10-7-1-4-9-5-2-8(11-9)3-6-9/h2-3,5H,1,4,6-7H2. The molecule has 0 saturated carbocycles. The third kappa shape index (κ3) is 1.24. The zero-order valence-electron chi connectivity index (χ0n) is 6.35. The van der Waals surface area contributed by atoms with E-state index in [9.17, 15) is 0 Å². The van der Waals surface area contributed by atoms with Crippen LogP contribution in [0.4, 0.5) is 0 Å². The van der Waals surface area contributed by atoms with Crippen LogP contribution in [0.25, 0.3) is 0 Å². The second-order valence-corrected chi connectivity index (χ2v) is 3.90. The van der Waals surface area contributed by atoms with Crippen molar-refractivity contribution < 1.29 is 4.74 Å². The van der Waals surface area contributed by atoms with Crippen molar-refractivity contribution >= 4 is 15.9 Å². The number of ether oxygens (including phenoxy) is 1. The summed E-state index contributed by atoms with van der Waals surface area (Å²) in [6, 6.07) is 0. The molecule has 11 heavy (non-hydrogen) atoms. The number of hydrogen-bond donors (Lipinski definition) is 0. The molecular weight excluding hydrogens is 204 g/mol. The van der Waals surface area contributed by atoms with Gasteiger partial charge in [0.25, 0.3) is 0 Å². The minimum Gasteiger partial charge on any atom is -0.483 e. The Morgan fingerprint density at radius 2 is 2.55 bits per heavy atom. The van der Waals surface area contributed by atoms with E-state index in [-0.39, 0.29) is 5.60 Å². The third-order valence-electron chi connectivity index (χ3n) is 2.25. The van der Waals surface area contributed by atoms with E-state index in [0.29, 0.717) is 0 Å². The van der Waals surface area contributed by atoms with Gasteiger partial charge in [-0.15, -0.1) is 0 Å². The smallest absolute Gasteiger partial charge is 0.131 e. The zero-order chi connectivity index (χ0) is 7.73. The van der Waals surface area contributed by atoms with Gasteiger partial charge in [-0.3, -0.25) is 0 Å². The number of fused-ring (bicyclic) bond motifs is 2. The highest BCUT2D eigenvalue weighted by Crippen LogP contribution is 2.39. The number of rotatable bonds is 3. The molecule has 1 unspecified atom stereocenters. The average Bonchev–Trinajstić information content (AvgIpc) is 2.60. The van der Waals surface area contributed by atoms with Gasteiger partial charge in [-0.05, 0) is 31.1 Å². The summed E-state index contributed by atoms with van der Waals surface area (Å²) in [6.07, 6.45) is 9.85. The summed E-state index contributed by atoms with van der Waals surface area (Å²) >= 11 is 3.43. The number of alkyl halides is 1. The summed E-state index contributed by atoms with van der Waals surface area (Å²) in [5, 5.41) is 1.07. The van der Waals surface area contributed by atoms with E-state index in [1.807, 2.05) is 0 Å². The summed E-state index contributed by atoms with van der Waals surface area (Å²) in [5.74, 6) is 1.07. The molecule has 60 valence electrons. The molecule has 0 amide bonds. The summed E-state index contributed by atoms with van der Waals surface area (Å²) in [5.41, 5.74) is 0.0586. The van der Waals surface area contributed by atoms with Crippen molar-refractivity contribution in [2.24, 2.45) is 0 Å². The van der Waals surface area contributed by atoms with Crippen molar-refractivity contribution in [3.8, 4) is 0 Å². The van der Waals surface area contributed by atoms with Gasteiger partial charge in [0.15, 0.2) is 0 Å². The summed E-state index contributed by atoms with van der Waals surface area (Å²) in [6.45, 7) is 0. The minimum atomic E-state index is 0.0586. The fourth-order valence-corrected chi connectivity index (χ4v) is 1.91. The second kappa shape index (κ2) is 2.67. The highest BCUT2D eigenvalue weighted by atomic mass is 79.9. The van der Waals surface area contributed by atoms with Crippen LogP contribution in [-0.4, -0.2) is 10.9 Å². The SMILES string of the molecule is BrCCCC12C=CC(=CC1)O2. The molecule has 0 saturated heterocycles. The van der Waals surface area contributed by atoms with Gasteiger partial charge in [0, 0.05) is 11.8 Å². The molecule has 2 aliphatic rings. The van der Waals surface area contributed by atoms with E-state index in [0.717, 1.165) is 23.9 Å². The van der Waals surface area contributed by atoms with Gasteiger partial charge in [-0.2, -0.15) is 0 Å². The van der Waals surface area contributed by atoms with Crippen molar-refractivity contribution in [3.05, 3.63) is 24.0 Å². The molecular formula is C9H11BrO. The maximum Gasteiger partial charge on any atom is 0.131 e. The van der Waals surface area contributed by atoms with Crippen LogP contribution in [0, 0.1) is 0 Å². The van der Waals surface area contributed by atoms with Crippen molar-refractivity contribution in [1.82, 2.24) is 0 Å². The van der Waals surface area contributed by atoms with E-state index < -0.39 is 0 Å². The van der Waals surface area contributed by atoms with Gasteiger partial charge in [-0.1, -0.05) is 15.9 Å². The van der Waals surface area contributed by atoms with E-state index in [1.54, 1.807) is 0 Å². The van der Waals surface area contributed by atoms with Gasteiger partial charge in [0.2, 0.25) is 0 Å². The van der Waals surface area contributed by atoms with Crippen LogP contribution < -0.4 is 0 Å².